The molecular weight excluding hydrogens is 283 g/mol. The fraction of sp³-hybridized carbons (Fsp3) is 0.333. The van der Waals surface area contributed by atoms with Crippen molar-refractivity contribution in [3.63, 3.8) is 0 Å². The Morgan fingerprint density at radius 1 is 1.10 bits per heavy atom. The van der Waals surface area contributed by atoms with Gasteiger partial charge in [0.25, 0.3) is 0 Å². The first-order valence-corrected chi connectivity index (χ1v) is 7.20. The van der Waals surface area contributed by atoms with E-state index in [2.05, 4.69) is 5.32 Å². The maximum Gasteiger partial charge on any atom is 0.390 e. The predicted octanol–water partition coefficient (Wildman–Crippen LogP) is 4.85. The predicted molar refractivity (Wildman–Crippen MR) is 76.7 cm³/mol. The van der Waals surface area contributed by atoms with E-state index in [1.807, 2.05) is 42.5 Å². The Morgan fingerprint density at radius 3 is 2.45 bits per heavy atom. The first-order valence-electron chi connectivity index (χ1n) is 6.38. The van der Waals surface area contributed by atoms with Crippen LogP contribution >= 0.6 is 11.3 Å². The average Bonchev–Trinajstić information content (AvgIpc) is 2.84. The molecule has 2 aromatic rings. The van der Waals surface area contributed by atoms with Crippen molar-refractivity contribution < 1.29 is 13.2 Å². The van der Waals surface area contributed by atoms with Crippen LogP contribution in [0.4, 0.5) is 13.2 Å². The van der Waals surface area contributed by atoms with Gasteiger partial charge in [-0.25, -0.2) is 0 Å². The molecule has 0 amide bonds. The number of rotatable bonds is 5. The van der Waals surface area contributed by atoms with E-state index in [9.17, 15) is 13.2 Å². The molecule has 1 N–H and O–H groups in total. The van der Waals surface area contributed by atoms with E-state index in [0.29, 0.717) is 6.54 Å². The molecule has 0 saturated carbocycles. The third-order valence-corrected chi connectivity index (χ3v) is 4.02. The van der Waals surface area contributed by atoms with Crippen molar-refractivity contribution >= 4 is 11.3 Å². The van der Waals surface area contributed by atoms with Gasteiger partial charge >= 0.3 is 6.18 Å². The van der Waals surface area contributed by atoms with E-state index >= 15 is 0 Å². The fourth-order valence-corrected chi connectivity index (χ4v) is 2.89. The van der Waals surface area contributed by atoms with Gasteiger partial charge in [0, 0.05) is 22.3 Å². The zero-order valence-corrected chi connectivity index (χ0v) is 11.9. The first kappa shape index (κ1) is 15.1. The Bertz CT molecular complexity index is 534. The van der Waals surface area contributed by atoms with Crippen molar-refractivity contribution in [2.45, 2.75) is 32.1 Å². The molecule has 0 aliphatic rings. The average molecular weight is 299 g/mol. The van der Waals surface area contributed by atoms with Crippen LogP contribution in [-0.2, 0) is 6.54 Å². The molecule has 20 heavy (non-hydrogen) atoms. The third kappa shape index (κ3) is 4.65. The van der Waals surface area contributed by atoms with Crippen molar-refractivity contribution in [3.05, 3.63) is 47.3 Å². The van der Waals surface area contributed by atoms with Gasteiger partial charge in [-0.1, -0.05) is 30.3 Å². The van der Waals surface area contributed by atoms with E-state index in [1.54, 1.807) is 18.3 Å². The highest BCUT2D eigenvalue weighted by atomic mass is 32.1. The summed E-state index contributed by atoms with van der Waals surface area (Å²) in [4.78, 5) is 2.17. The van der Waals surface area contributed by atoms with Crippen LogP contribution in [0, 0.1) is 0 Å². The zero-order chi connectivity index (χ0) is 14.6. The van der Waals surface area contributed by atoms with Gasteiger partial charge in [-0.2, -0.15) is 13.2 Å². The normalized spacial score (nSPS) is 13.4. The van der Waals surface area contributed by atoms with Crippen LogP contribution in [-0.4, -0.2) is 12.2 Å². The summed E-state index contributed by atoms with van der Waals surface area (Å²) in [5.74, 6) is 0. The molecule has 108 valence electrons. The number of thiophene rings is 1. The van der Waals surface area contributed by atoms with Crippen LogP contribution in [0.15, 0.2) is 42.5 Å². The van der Waals surface area contributed by atoms with E-state index in [0.717, 1.165) is 15.3 Å². The van der Waals surface area contributed by atoms with E-state index < -0.39 is 18.6 Å². The molecule has 1 atom stereocenters. The Kier molecular flexibility index (Phi) is 4.83. The number of alkyl halides is 3. The van der Waals surface area contributed by atoms with E-state index in [-0.39, 0.29) is 0 Å². The highest BCUT2D eigenvalue weighted by Gasteiger charge is 2.29. The molecule has 0 aliphatic carbocycles. The fourth-order valence-electron chi connectivity index (χ4n) is 1.92. The first-order chi connectivity index (χ1) is 9.44. The molecule has 5 heteroatoms. The summed E-state index contributed by atoms with van der Waals surface area (Å²) in [5, 5.41) is 2.91. The quantitative estimate of drug-likeness (QED) is 0.832. The summed E-state index contributed by atoms with van der Waals surface area (Å²) < 4.78 is 36.7. The van der Waals surface area contributed by atoms with Crippen molar-refractivity contribution in [2.24, 2.45) is 0 Å². The zero-order valence-electron chi connectivity index (χ0n) is 11.1. The number of benzene rings is 1. The highest BCUT2D eigenvalue weighted by Crippen LogP contribution is 2.28. The molecule has 0 spiro atoms. The molecule has 1 heterocycles. The Hall–Kier alpha value is -1.33. The van der Waals surface area contributed by atoms with Crippen molar-refractivity contribution in [1.82, 2.24) is 5.32 Å². The highest BCUT2D eigenvalue weighted by molar-refractivity contribution is 7.15. The maximum atomic E-state index is 12.2. The SMILES string of the molecule is CC(CC(F)(F)F)NCc1ccc(-c2ccccc2)s1. The third-order valence-electron chi connectivity index (χ3n) is 2.88. The van der Waals surface area contributed by atoms with Gasteiger partial charge in [-0.15, -0.1) is 11.3 Å². The lowest BCUT2D eigenvalue weighted by atomic mass is 10.2. The number of hydrogen-bond donors (Lipinski definition) is 1. The van der Waals surface area contributed by atoms with Crippen molar-refractivity contribution in [1.29, 1.82) is 0 Å². The molecule has 1 aromatic heterocycles. The van der Waals surface area contributed by atoms with Gasteiger partial charge in [0.05, 0.1) is 6.42 Å². The minimum absolute atomic E-state index is 0.467. The second-order valence-electron chi connectivity index (χ2n) is 4.73. The number of nitrogens with one attached hydrogen (secondary N) is 1. The molecule has 1 nitrogen and oxygen atoms in total. The molecular formula is C15H16F3NS. The molecule has 2 rings (SSSR count). The molecule has 0 saturated heterocycles. The molecule has 0 radical (unpaired) electrons. The monoisotopic (exact) mass is 299 g/mol. The Morgan fingerprint density at radius 2 is 1.80 bits per heavy atom. The molecule has 1 aromatic carbocycles. The lowest BCUT2D eigenvalue weighted by Crippen LogP contribution is -2.30. The summed E-state index contributed by atoms with van der Waals surface area (Å²) >= 11 is 1.60. The van der Waals surface area contributed by atoms with Gasteiger partial charge < -0.3 is 5.32 Å². The van der Waals surface area contributed by atoms with Crippen LogP contribution in [0.5, 0.6) is 0 Å². The lowest BCUT2D eigenvalue weighted by Gasteiger charge is -2.15. The van der Waals surface area contributed by atoms with Gasteiger partial charge in [-0.05, 0) is 24.6 Å². The molecule has 0 fully saturated rings. The van der Waals surface area contributed by atoms with Crippen molar-refractivity contribution in [3.8, 4) is 10.4 Å². The molecule has 0 bridgehead atoms. The van der Waals surface area contributed by atoms with Crippen LogP contribution in [0.25, 0.3) is 10.4 Å². The van der Waals surface area contributed by atoms with Crippen LogP contribution in [0.3, 0.4) is 0 Å². The summed E-state index contributed by atoms with van der Waals surface area (Å²) in [7, 11) is 0. The van der Waals surface area contributed by atoms with Crippen molar-refractivity contribution in [2.75, 3.05) is 0 Å². The van der Waals surface area contributed by atoms with Gasteiger partial charge in [0.2, 0.25) is 0 Å². The van der Waals surface area contributed by atoms with Crippen LogP contribution < -0.4 is 5.32 Å². The largest absolute Gasteiger partial charge is 0.390 e. The number of hydrogen-bond acceptors (Lipinski definition) is 2. The van der Waals surface area contributed by atoms with Crippen LogP contribution in [0.1, 0.15) is 18.2 Å². The summed E-state index contributed by atoms with van der Waals surface area (Å²) in [6, 6.07) is 13.3. The minimum Gasteiger partial charge on any atom is -0.309 e. The summed E-state index contributed by atoms with van der Waals surface area (Å²) in [5.41, 5.74) is 1.13. The molecule has 1 unspecified atom stereocenters. The topological polar surface area (TPSA) is 12.0 Å². The standard InChI is InChI=1S/C15H16F3NS/c1-11(9-15(16,17)18)19-10-13-7-8-14(20-13)12-5-3-2-4-6-12/h2-8,11,19H,9-10H2,1H3. The maximum absolute atomic E-state index is 12.2. The second kappa shape index (κ2) is 6.41. The molecule has 0 aliphatic heterocycles. The van der Waals surface area contributed by atoms with Gasteiger partial charge in [0.15, 0.2) is 0 Å². The van der Waals surface area contributed by atoms with Crippen LogP contribution in [0.2, 0.25) is 0 Å². The van der Waals surface area contributed by atoms with Gasteiger partial charge in [0.1, 0.15) is 0 Å². The van der Waals surface area contributed by atoms with E-state index in [4.69, 9.17) is 0 Å². The van der Waals surface area contributed by atoms with Gasteiger partial charge in [-0.3, -0.25) is 0 Å². The smallest absolute Gasteiger partial charge is 0.309 e. The second-order valence-corrected chi connectivity index (χ2v) is 5.90. The Balaban J connectivity index is 1.91. The summed E-state index contributed by atoms with van der Waals surface area (Å²) in [6.07, 6.45) is -4.92. The minimum atomic E-state index is -4.11. The number of halogens is 3. The lowest BCUT2D eigenvalue weighted by molar-refractivity contribution is -0.139. The van der Waals surface area contributed by atoms with E-state index in [1.165, 1.54) is 0 Å². The Labute approximate surface area is 120 Å². The summed E-state index contributed by atoms with van der Waals surface area (Å²) in [6.45, 7) is 2.02.